The lowest BCUT2D eigenvalue weighted by Gasteiger charge is -2.30. The van der Waals surface area contributed by atoms with Crippen LogP contribution >= 0.6 is 0 Å². The average molecular weight is 492 g/mol. The van der Waals surface area contributed by atoms with E-state index in [2.05, 4.69) is 31.2 Å². The first-order valence-electron chi connectivity index (χ1n) is 13.3. The summed E-state index contributed by atoms with van der Waals surface area (Å²) >= 11 is 0. The maximum atomic E-state index is 13.5. The molecule has 7 nitrogen and oxygen atoms in total. The SMILES string of the molecule is CC(C)c1cnn2c(N(Cc3ccccc3)C(=O)OC(C)(C)C)cc(NC[C@H]3CCCC[C@@H]3C)nc12. The number of nitrogens with one attached hydrogen (secondary N) is 1. The van der Waals surface area contributed by atoms with Crippen LogP contribution in [-0.2, 0) is 11.3 Å². The van der Waals surface area contributed by atoms with Gasteiger partial charge in [0.2, 0.25) is 0 Å². The Kier molecular flexibility index (Phi) is 7.86. The molecule has 0 radical (unpaired) electrons. The van der Waals surface area contributed by atoms with Crippen molar-refractivity contribution in [2.24, 2.45) is 11.8 Å². The topological polar surface area (TPSA) is 71.8 Å². The van der Waals surface area contributed by atoms with Gasteiger partial charge in [0.15, 0.2) is 5.65 Å². The molecule has 1 saturated carbocycles. The van der Waals surface area contributed by atoms with Crippen molar-refractivity contribution in [3.05, 3.63) is 53.7 Å². The van der Waals surface area contributed by atoms with Gasteiger partial charge in [-0.3, -0.25) is 4.90 Å². The molecule has 3 aromatic rings. The average Bonchev–Trinajstić information content (AvgIpc) is 3.25. The monoisotopic (exact) mass is 491 g/mol. The fourth-order valence-electron chi connectivity index (χ4n) is 4.91. The third-order valence-electron chi connectivity index (χ3n) is 7.01. The van der Waals surface area contributed by atoms with Crippen LogP contribution in [0.3, 0.4) is 0 Å². The Morgan fingerprint density at radius 3 is 2.58 bits per heavy atom. The number of ether oxygens (including phenoxy) is 1. The summed E-state index contributed by atoms with van der Waals surface area (Å²) in [6.07, 6.45) is 6.59. The number of aromatic nitrogens is 3. The van der Waals surface area contributed by atoms with Crippen LogP contribution in [0, 0.1) is 11.8 Å². The Morgan fingerprint density at radius 1 is 1.19 bits per heavy atom. The summed E-state index contributed by atoms with van der Waals surface area (Å²) in [5.74, 6) is 2.98. The second-order valence-corrected chi connectivity index (χ2v) is 11.4. The molecule has 0 bridgehead atoms. The van der Waals surface area contributed by atoms with Gasteiger partial charge >= 0.3 is 6.09 Å². The molecule has 1 amide bonds. The fraction of sp³-hybridized carbons (Fsp3) is 0.552. The number of nitrogens with zero attached hydrogens (tertiary/aromatic N) is 4. The van der Waals surface area contributed by atoms with E-state index >= 15 is 0 Å². The zero-order chi connectivity index (χ0) is 25.9. The molecule has 2 atom stereocenters. The molecule has 1 aliphatic rings. The Balaban J connectivity index is 1.76. The van der Waals surface area contributed by atoms with Crippen molar-refractivity contribution in [3.8, 4) is 0 Å². The second-order valence-electron chi connectivity index (χ2n) is 11.4. The molecular formula is C29H41N5O2. The van der Waals surface area contributed by atoms with E-state index in [4.69, 9.17) is 9.72 Å². The molecule has 1 fully saturated rings. The zero-order valence-corrected chi connectivity index (χ0v) is 22.6. The quantitative estimate of drug-likeness (QED) is 0.384. The smallest absolute Gasteiger partial charge is 0.416 e. The van der Waals surface area contributed by atoms with Crippen LogP contribution in [0.15, 0.2) is 42.6 Å². The maximum absolute atomic E-state index is 13.5. The number of anilines is 2. The largest absolute Gasteiger partial charge is 0.443 e. The Bertz CT molecular complexity index is 1170. The molecule has 0 aliphatic heterocycles. The summed E-state index contributed by atoms with van der Waals surface area (Å²) in [4.78, 5) is 20.2. The minimum atomic E-state index is -0.621. The van der Waals surface area contributed by atoms with E-state index in [0.29, 0.717) is 24.2 Å². The van der Waals surface area contributed by atoms with Gasteiger partial charge in [0, 0.05) is 18.2 Å². The lowest BCUT2D eigenvalue weighted by molar-refractivity contribution is 0.0575. The maximum Gasteiger partial charge on any atom is 0.416 e. The lowest BCUT2D eigenvalue weighted by Crippen LogP contribution is -2.37. The number of benzene rings is 1. The molecule has 194 valence electrons. The second kappa shape index (κ2) is 10.9. The minimum Gasteiger partial charge on any atom is -0.443 e. The first-order valence-corrected chi connectivity index (χ1v) is 13.3. The third-order valence-corrected chi connectivity index (χ3v) is 7.01. The molecule has 1 N–H and O–H groups in total. The summed E-state index contributed by atoms with van der Waals surface area (Å²) in [6, 6.07) is 11.9. The standard InChI is InChI=1S/C29H41N5O2/c1-20(2)24-18-31-34-26(16-25(32-27(24)34)30-17-23-15-11-10-12-21(23)3)33(28(35)36-29(4,5)6)19-22-13-8-7-9-14-22/h7-9,13-14,16,18,20-21,23H,10-12,15,17,19H2,1-6H3,(H,30,32)/t21-,23+/m0/s1. The number of carbonyl (C=O) groups excluding carboxylic acids is 1. The Morgan fingerprint density at radius 2 is 1.92 bits per heavy atom. The van der Waals surface area contributed by atoms with Gasteiger partial charge < -0.3 is 10.1 Å². The molecule has 0 spiro atoms. The van der Waals surface area contributed by atoms with Gasteiger partial charge in [0.25, 0.3) is 0 Å². The predicted octanol–water partition coefficient (Wildman–Crippen LogP) is 7.03. The van der Waals surface area contributed by atoms with Crippen LogP contribution in [0.5, 0.6) is 0 Å². The third kappa shape index (κ3) is 6.18. The van der Waals surface area contributed by atoms with Crippen LogP contribution < -0.4 is 10.2 Å². The predicted molar refractivity (Wildman–Crippen MR) is 146 cm³/mol. The first-order chi connectivity index (χ1) is 17.1. The summed E-state index contributed by atoms with van der Waals surface area (Å²) in [7, 11) is 0. The van der Waals surface area contributed by atoms with Crippen LogP contribution in [0.4, 0.5) is 16.4 Å². The molecule has 2 aromatic heterocycles. The number of amides is 1. The molecule has 1 aliphatic carbocycles. The Hall–Kier alpha value is -3.09. The Labute approximate surface area is 215 Å². The molecule has 1 aromatic carbocycles. The summed E-state index contributed by atoms with van der Waals surface area (Å²) in [6.45, 7) is 13.5. The molecule has 0 unspecified atom stereocenters. The first kappa shape index (κ1) is 26.0. The van der Waals surface area contributed by atoms with Crippen molar-refractivity contribution in [3.63, 3.8) is 0 Å². The zero-order valence-electron chi connectivity index (χ0n) is 22.6. The van der Waals surface area contributed by atoms with Crippen LogP contribution in [0.25, 0.3) is 5.65 Å². The number of rotatable bonds is 7. The normalized spacial score (nSPS) is 18.4. The van der Waals surface area contributed by atoms with Crippen molar-refractivity contribution in [2.75, 3.05) is 16.8 Å². The van der Waals surface area contributed by atoms with E-state index in [0.717, 1.165) is 29.1 Å². The molecule has 7 heteroatoms. The summed E-state index contributed by atoms with van der Waals surface area (Å²) < 4.78 is 7.62. The van der Waals surface area contributed by atoms with Crippen molar-refractivity contribution >= 4 is 23.4 Å². The fourth-order valence-corrected chi connectivity index (χ4v) is 4.91. The van der Waals surface area contributed by atoms with E-state index in [1.54, 1.807) is 9.42 Å². The molecule has 36 heavy (non-hydrogen) atoms. The van der Waals surface area contributed by atoms with Crippen molar-refractivity contribution < 1.29 is 9.53 Å². The number of fused-ring (bicyclic) bond motifs is 1. The highest BCUT2D eigenvalue weighted by Crippen LogP contribution is 2.31. The minimum absolute atomic E-state index is 0.251. The number of carbonyl (C=O) groups is 1. The van der Waals surface area contributed by atoms with Gasteiger partial charge in [-0.05, 0) is 50.5 Å². The number of hydrogen-bond donors (Lipinski definition) is 1. The lowest BCUT2D eigenvalue weighted by atomic mass is 9.80. The van der Waals surface area contributed by atoms with Crippen molar-refractivity contribution in [2.45, 2.75) is 85.3 Å². The van der Waals surface area contributed by atoms with Gasteiger partial charge in [-0.15, -0.1) is 0 Å². The van der Waals surface area contributed by atoms with E-state index < -0.39 is 11.7 Å². The molecule has 2 heterocycles. The highest BCUT2D eigenvalue weighted by molar-refractivity contribution is 5.88. The molecule has 0 saturated heterocycles. The van der Waals surface area contributed by atoms with Crippen molar-refractivity contribution in [1.82, 2.24) is 14.6 Å². The highest BCUT2D eigenvalue weighted by Gasteiger charge is 2.28. The van der Waals surface area contributed by atoms with Crippen LogP contribution in [-0.4, -0.2) is 32.8 Å². The van der Waals surface area contributed by atoms with Crippen LogP contribution in [0.2, 0.25) is 0 Å². The van der Waals surface area contributed by atoms with E-state index in [1.165, 1.54) is 25.7 Å². The van der Waals surface area contributed by atoms with Gasteiger partial charge in [-0.1, -0.05) is 70.4 Å². The van der Waals surface area contributed by atoms with Gasteiger partial charge in [-0.2, -0.15) is 9.61 Å². The molecule has 4 rings (SSSR count). The van der Waals surface area contributed by atoms with Gasteiger partial charge in [-0.25, -0.2) is 9.78 Å². The summed E-state index contributed by atoms with van der Waals surface area (Å²) in [5.41, 5.74) is 2.21. The number of hydrogen-bond acceptors (Lipinski definition) is 5. The van der Waals surface area contributed by atoms with Crippen molar-refractivity contribution in [1.29, 1.82) is 0 Å². The van der Waals surface area contributed by atoms with Gasteiger partial charge in [0.05, 0.1) is 12.7 Å². The van der Waals surface area contributed by atoms with Crippen LogP contribution in [0.1, 0.15) is 84.3 Å². The highest BCUT2D eigenvalue weighted by atomic mass is 16.6. The van der Waals surface area contributed by atoms with E-state index in [1.807, 2.05) is 63.4 Å². The summed E-state index contributed by atoms with van der Waals surface area (Å²) in [5, 5.41) is 8.27. The molecular weight excluding hydrogens is 450 g/mol. The van der Waals surface area contributed by atoms with E-state index in [9.17, 15) is 4.79 Å². The van der Waals surface area contributed by atoms with E-state index in [-0.39, 0.29) is 5.92 Å². The van der Waals surface area contributed by atoms with Gasteiger partial charge in [0.1, 0.15) is 17.2 Å².